The van der Waals surface area contributed by atoms with Crippen LogP contribution in [0.5, 0.6) is 0 Å². The Balaban J connectivity index is 3.02. The third-order valence-electron chi connectivity index (χ3n) is 2.76. The average Bonchev–Trinajstić information content (AvgIpc) is 2.17. The van der Waals surface area contributed by atoms with Gasteiger partial charge in [-0.15, -0.1) is 0 Å². The number of aromatic nitrogens is 2. The highest BCUT2D eigenvalue weighted by molar-refractivity contribution is 5.13. The summed E-state index contributed by atoms with van der Waals surface area (Å²) in [5.74, 6) is 1.21. The molecule has 0 fully saturated rings. The van der Waals surface area contributed by atoms with Crippen molar-refractivity contribution in [3.05, 3.63) is 23.3 Å². The lowest BCUT2D eigenvalue weighted by Gasteiger charge is -2.17. The molecule has 0 saturated carbocycles. The van der Waals surface area contributed by atoms with Gasteiger partial charge in [0.2, 0.25) is 0 Å². The van der Waals surface area contributed by atoms with Gasteiger partial charge in [-0.05, 0) is 25.3 Å². The van der Waals surface area contributed by atoms with Crippen molar-refractivity contribution in [2.45, 2.75) is 46.5 Å². The Kier molecular flexibility index (Phi) is 4.87. The van der Waals surface area contributed by atoms with E-state index in [-0.39, 0.29) is 12.5 Å². The Morgan fingerprint density at radius 2 is 2.00 bits per heavy atom. The Bertz CT molecular complexity index is 337. The zero-order valence-corrected chi connectivity index (χ0v) is 10.7. The summed E-state index contributed by atoms with van der Waals surface area (Å²) in [6, 6.07) is 2.03. The lowest BCUT2D eigenvalue weighted by molar-refractivity contribution is 0.231. The number of nitrogens with zero attached hydrogens (tertiary/aromatic N) is 2. The third kappa shape index (κ3) is 3.27. The minimum atomic E-state index is 0.0514. The van der Waals surface area contributed by atoms with Crippen LogP contribution in [0.15, 0.2) is 6.07 Å². The fraction of sp³-hybridized carbons (Fsp3) is 0.692. The van der Waals surface area contributed by atoms with Crippen LogP contribution in [0.25, 0.3) is 0 Å². The van der Waals surface area contributed by atoms with Crippen LogP contribution >= 0.6 is 0 Å². The Labute approximate surface area is 97.9 Å². The minimum Gasteiger partial charge on any atom is -0.396 e. The van der Waals surface area contributed by atoms with Crippen LogP contribution in [0.4, 0.5) is 0 Å². The lowest BCUT2D eigenvalue weighted by Crippen LogP contribution is -2.16. The van der Waals surface area contributed by atoms with Gasteiger partial charge in [-0.1, -0.05) is 27.2 Å². The molecule has 0 aliphatic rings. The van der Waals surface area contributed by atoms with E-state index >= 15 is 0 Å². The number of hydrogen-bond donors (Lipinski definition) is 1. The summed E-state index contributed by atoms with van der Waals surface area (Å²) in [6.07, 6.45) is 2.06. The van der Waals surface area contributed by atoms with Crippen LogP contribution < -0.4 is 0 Å². The zero-order chi connectivity index (χ0) is 12.1. The van der Waals surface area contributed by atoms with Gasteiger partial charge in [0.15, 0.2) is 0 Å². The molecule has 0 aromatic carbocycles. The zero-order valence-electron chi connectivity index (χ0n) is 10.7. The number of hydrogen-bond acceptors (Lipinski definition) is 3. The van der Waals surface area contributed by atoms with E-state index in [0.29, 0.717) is 5.92 Å². The van der Waals surface area contributed by atoms with Crippen molar-refractivity contribution in [2.24, 2.45) is 5.92 Å². The molecule has 1 heterocycles. The largest absolute Gasteiger partial charge is 0.396 e. The van der Waals surface area contributed by atoms with Gasteiger partial charge in [0.05, 0.1) is 6.61 Å². The van der Waals surface area contributed by atoms with Crippen LogP contribution in [0, 0.1) is 12.8 Å². The minimum absolute atomic E-state index is 0.0514. The highest BCUT2D eigenvalue weighted by atomic mass is 16.3. The smallest absolute Gasteiger partial charge is 0.134 e. The van der Waals surface area contributed by atoms with E-state index in [2.05, 4.69) is 30.7 Å². The van der Waals surface area contributed by atoms with Crippen LogP contribution in [-0.4, -0.2) is 21.7 Å². The molecule has 1 N–H and O–H groups in total. The highest BCUT2D eigenvalue weighted by Crippen LogP contribution is 2.21. The highest BCUT2D eigenvalue weighted by Gasteiger charge is 2.18. The van der Waals surface area contributed by atoms with Crippen molar-refractivity contribution in [1.82, 2.24) is 9.97 Å². The number of aryl methyl sites for hydroxylation is 2. The van der Waals surface area contributed by atoms with Crippen molar-refractivity contribution in [3.63, 3.8) is 0 Å². The molecule has 16 heavy (non-hydrogen) atoms. The molecule has 3 heteroatoms. The van der Waals surface area contributed by atoms with Crippen LogP contribution in [-0.2, 0) is 6.42 Å². The summed E-state index contributed by atoms with van der Waals surface area (Å²) >= 11 is 0. The van der Waals surface area contributed by atoms with Crippen molar-refractivity contribution >= 4 is 0 Å². The standard InChI is InChI=1S/C13H22N2O/c1-5-6-11-7-10(4)14-13(15-11)12(8-16)9(2)3/h7,9,12,16H,5-6,8H2,1-4H3. The van der Waals surface area contributed by atoms with Crippen molar-refractivity contribution in [1.29, 1.82) is 0 Å². The Hall–Kier alpha value is -0.960. The second kappa shape index (κ2) is 5.94. The van der Waals surface area contributed by atoms with Gasteiger partial charge in [-0.2, -0.15) is 0 Å². The molecule has 1 atom stereocenters. The van der Waals surface area contributed by atoms with Gasteiger partial charge >= 0.3 is 0 Å². The molecule has 0 aliphatic heterocycles. The summed E-state index contributed by atoms with van der Waals surface area (Å²) in [7, 11) is 0. The molecule has 0 bridgehead atoms. The molecule has 3 nitrogen and oxygen atoms in total. The van der Waals surface area contributed by atoms with Crippen LogP contribution in [0.2, 0.25) is 0 Å². The van der Waals surface area contributed by atoms with E-state index < -0.39 is 0 Å². The lowest BCUT2D eigenvalue weighted by atomic mass is 9.95. The maximum Gasteiger partial charge on any atom is 0.134 e. The molecule has 0 saturated heterocycles. The molecular formula is C13H22N2O. The monoisotopic (exact) mass is 222 g/mol. The fourth-order valence-corrected chi connectivity index (χ4v) is 1.80. The molecule has 0 spiro atoms. The van der Waals surface area contributed by atoms with E-state index in [9.17, 15) is 5.11 Å². The van der Waals surface area contributed by atoms with E-state index in [0.717, 1.165) is 30.1 Å². The van der Waals surface area contributed by atoms with Crippen LogP contribution in [0.1, 0.15) is 50.3 Å². The van der Waals surface area contributed by atoms with E-state index in [4.69, 9.17) is 0 Å². The van der Waals surface area contributed by atoms with E-state index in [1.807, 2.05) is 13.0 Å². The number of aliphatic hydroxyl groups is 1. The van der Waals surface area contributed by atoms with Gasteiger partial charge in [0.25, 0.3) is 0 Å². The molecule has 1 unspecified atom stereocenters. The molecule has 90 valence electrons. The van der Waals surface area contributed by atoms with Gasteiger partial charge in [-0.3, -0.25) is 0 Å². The predicted octanol–water partition coefficient (Wildman–Crippen LogP) is 2.47. The van der Waals surface area contributed by atoms with Gasteiger partial charge in [0, 0.05) is 17.3 Å². The summed E-state index contributed by atoms with van der Waals surface area (Å²) in [5, 5.41) is 9.38. The SMILES string of the molecule is CCCc1cc(C)nc(C(CO)C(C)C)n1. The Morgan fingerprint density at radius 1 is 1.31 bits per heavy atom. The first kappa shape index (κ1) is 13.1. The first-order chi connectivity index (χ1) is 7.58. The summed E-state index contributed by atoms with van der Waals surface area (Å²) < 4.78 is 0. The maximum atomic E-state index is 9.38. The summed E-state index contributed by atoms with van der Waals surface area (Å²) in [6.45, 7) is 8.42. The normalized spacial score (nSPS) is 13.1. The molecule has 1 rings (SSSR count). The fourth-order valence-electron chi connectivity index (χ4n) is 1.80. The molecule has 0 radical (unpaired) electrons. The first-order valence-corrected chi connectivity index (χ1v) is 6.03. The van der Waals surface area contributed by atoms with Crippen molar-refractivity contribution in [2.75, 3.05) is 6.61 Å². The first-order valence-electron chi connectivity index (χ1n) is 6.03. The van der Waals surface area contributed by atoms with Gasteiger partial charge in [0.1, 0.15) is 5.82 Å². The van der Waals surface area contributed by atoms with E-state index in [1.54, 1.807) is 0 Å². The quantitative estimate of drug-likeness (QED) is 0.832. The van der Waals surface area contributed by atoms with Gasteiger partial charge in [-0.25, -0.2) is 9.97 Å². The predicted molar refractivity (Wildman–Crippen MR) is 65.4 cm³/mol. The topological polar surface area (TPSA) is 46.0 Å². The number of aliphatic hydroxyl groups excluding tert-OH is 1. The third-order valence-corrected chi connectivity index (χ3v) is 2.76. The summed E-state index contributed by atoms with van der Waals surface area (Å²) in [4.78, 5) is 8.98. The molecule has 0 amide bonds. The molecule has 1 aromatic rings. The Morgan fingerprint density at radius 3 is 2.50 bits per heavy atom. The van der Waals surface area contributed by atoms with Crippen molar-refractivity contribution < 1.29 is 5.11 Å². The summed E-state index contributed by atoms with van der Waals surface area (Å²) in [5.41, 5.74) is 2.08. The molecule has 1 aromatic heterocycles. The molecule has 0 aliphatic carbocycles. The maximum absolute atomic E-state index is 9.38. The number of rotatable bonds is 5. The van der Waals surface area contributed by atoms with E-state index in [1.165, 1.54) is 0 Å². The molecular weight excluding hydrogens is 200 g/mol. The average molecular weight is 222 g/mol. The van der Waals surface area contributed by atoms with Gasteiger partial charge < -0.3 is 5.11 Å². The second-order valence-corrected chi connectivity index (χ2v) is 4.64. The van der Waals surface area contributed by atoms with Crippen LogP contribution in [0.3, 0.4) is 0 Å². The van der Waals surface area contributed by atoms with Crippen molar-refractivity contribution in [3.8, 4) is 0 Å². The second-order valence-electron chi connectivity index (χ2n) is 4.64.